The summed E-state index contributed by atoms with van der Waals surface area (Å²) in [4.78, 5) is 4.50. The number of nitrogens with zero attached hydrogens (tertiary/aromatic N) is 1. The SMILES string of the molecule is CON=C(P(C)(C)=O)P(C)(C)=O. The van der Waals surface area contributed by atoms with E-state index in [9.17, 15) is 9.13 Å². The Kier molecular flexibility index (Phi) is 3.74. The molecule has 0 saturated heterocycles. The number of oxime groups is 1. The molecule has 0 fully saturated rings. The lowest BCUT2D eigenvalue weighted by molar-refractivity contribution is 0.215. The molecule has 0 aromatic carbocycles. The summed E-state index contributed by atoms with van der Waals surface area (Å²) in [6.07, 6.45) is 0. The molecule has 12 heavy (non-hydrogen) atoms. The van der Waals surface area contributed by atoms with Gasteiger partial charge in [0, 0.05) is 0 Å². The monoisotopic (exact) mass is 211 g/mol. The van der Waals surface area contributed by atoms with Crippen molar-refractivity contribution >= 4 is 19.5 Å². The van der Waals surface area contributed by atoms with Crippen LogP contribution in [0.2, 0.25) is 0 Å². The van der Waals surface area contributed by atoms with Crippen LogP contribution in [0, 0.1) is 0 Å². The lowest BCUT2D eigenvalue weighted by atomic mass is 11.6. The molecule has 0 spiro atoms. The second-order valence-corrected chi connectivity index (χ2v) is 9.88. The topological polar surface area (TPSA) is 55.7 Å². The largest absolute Gasteiger partial charge is 0.398 e. The summed E-state index contributed by atoms with van der Waals surface area (Å²) in [5.74, 6) is 0. The van der Waals surface area contributed by atoms with E-state index < -0.39 is 14.3 Å². The molecule has 4 nitrogen and oxygen atoms in total. The summed E-state index contributed by atoms with van der Waals surface area (Å²) < 4.78 is 23.1. The molecule has 0 aliphatic heterocycles. The Hall–Kier alpha value is -0.0700. The summed E-state index contributed by atoms with van der Waals surface area (Å²) >= 11 is 0. The maximum absolute atomic E-state index is 11.6. The Balaban J connectivity index is 5.11. The van der Waals surface area contributed by atoms with Crippen molar-refractivity contribution in [3.8, 4) is 0 Å². The molecule has 0 rings (SSSR count). The number of hydrogen-bond donors (Lipinski definition) is 0. The average Bonchev–Trinajstić information content (AvgIpc) is 1.77. The van der Waals surface area contributed by atoms with E-state index in [1.165, 1.54) is 33.8 Å². The number of rotatable bonds is 3. The normalized spacial score (nSPS) is 12.4. The van der Waals surface area contributed by atoms with Crippen molar-refractivity contribution in [3.05, 3.63) is 0 Å². The predicted molar refractivity (Wildman–Crippen MR) is 53.4 cm³/mol. The minimum atomic E-state index is -2.55. The van der Waals surface area contributed by atoms with Crippen LogP contribution in [0.25, 0.3) is 0 Å². The van der Waals surface area contributed by atoms with Crippen molar-refractivity contribution in [2.24, 2.45) is 5.16 Å². The van der Waals surface area contributed by atoms with Crippen LogP contribution in [-0.4, -0.2) is 39.0 Å². The molecule has 0 saturated carbocycles. The van der Waals surface area contributed by atoms with Gasteiger partial charge in [0.1, 0.15) is 21.4 Å². The third-order valence-corrected chi connectivity index (χ3v) is 6.12. The third kappa shape index (κ3) is 3.55. The summed E-state index contributed by atoms with van der Waals surface area (Å²) in [5.41, 5.74) is 0. The fourth-order valence-electron chi connectivity index (χ4n) is 0.858. The van der Waals surface area contributed by atoms with E-state index in [1.807, 2.05) is 0 Å². The minimum absolute atomic E-state index is 0.206. The van der Waals surface area contributed by atoms with Crippen molar-refractivity contribution in [2.45, 2.75) is 0 Å². The van der Waals surface area contributed by atoms with Gasteiger partial charge < -0.3 is 14.0 Å². The second kappa shape index (κ2) is 3.76. The lowest BCUT2D eigenvalue weighted by Crippen LogP contribution is -1.99. The highest BCUT2D eigenvalue weighted by Crippen LogP contribution is 2.56. The van der Waals surface area contributed by atoms with Crippen LogP contribution in [0.5, 0.6) is 0 Å². The molecule has 0 bridgehead atoms. The fourth-order valence-corrected chi connectivity index (χ4v) is 6.05. The van der Waals surface area contributed by atoms with Gasteiger partial charge in [0.2, 0.25) is 0 Å². The van der Waals surface area contributed by atoms with Gasteiger partial charge in [-0.3, -0.25) is 0 Å². The first-order valence-electron chi connectivity index (χ1n) is 3.42. The van der Waals surface area contributed by atoms with Crippen molar-refractivity contribution in [3.63, 3.8) is 0 Å². The quantitative estimate of drug-likeness (QED) is 0.408. The van der Waals surface area contributed by atoms with E-state index >= 15 is 0 Å². The highest BCUT2D eigenvalue weighted by atomic mass is 31.2. The van der Waals surface area contributed by atoms with Gasteiger partial charge in [-0.05, 0) is 26.7 Å². The molecule has 0 heterocycles. The van der Waals surface area contributed by atoms with Crippen LogP contribution < -0.4 is 0 Å². The molecule has 0 radical (unpaired) electrons. The van der Waals surface area contributed by atoms with Crippen LogP contribution in [0.4, 0.5) is 0 Å². The molecular formula is C6H15NO3P2. The Morgan fingerprint density at radius 2 is 1.42 bits per heavy atom. The molecule has 0 amide bonds. The molecule has 0 aliphatic rings. The van der Waals surface area contributed by atoms with Gasteiger partial charge in [0.05, 0.1) is 0 Å². The summed E-state index contributed by atoms with van der Waals surface area (Å²) in [7, 11) is -3.75. The summed E-state index contributed by atoms with van der Waals surface area (Å²) in [5, 5.41) is 3.76. The van der Waals surface area contributed by atoms with E-state index in [0.29, 0.717) is 0 Å². The van der Waals surface area contributed by atoms with Crippen molar-refractivity contribution in [2.75, 3.05) is 33.8 Å². The standard InChI is InChI=1S/C6H15NO3P2/c1-10-7-6(11(2,3)8)12(4,5)9/h1-5H3. The first kappa shape index (κ1) is 11.9. The zero-order valence-electron chi connectivity index (χ0n) is 8.07. The smallest absolute Gasteiger partial charge is 0.174 e. The predicted octanol–water partition coefficient (Wildman–Crippen LogP) is 2.15. The third-order valence-electron chi connectivity index (χ3n) is 1.14. The van der Waals surface area contributed by atoms with E-state index in [2.05, 4.69) is 9.99 Å². The first-order valence-corrected chi connectivity index (χ1v) is 8.62. The summed E-state index contributed by atoms with van der Waals surface area (Å²) in [6, 6.07) is 0. The maximum atomic E-state index is 11.6. The molecule has 0 aliphatic carbocycles. The minimum Gasteiger partial charge on any atom is -0.398 e. The molecular weight excluding hydrogens is 196 g/mol. The van der Waals surface area contributed by atoms with Crippen LogP contribution in [-0.2, 0) is 14.0 Å². The van der Waals surface area contributed by atoms with Gasteiger partial charge in [-0.25, -0.2) is 0 Å². The van der Waals surface area contributed by atoms with Crippen molar-refractivity contribution in [1.82, 2.24) is 0 Å². The van der Waals surface area contributed by atoms with Crippen LogP contribution in [0.1, 0.15) is 0 Å². The molecule has 72 valence electrons. The summed E-state index contributed by atoms with van der Waals surface area (Å²) in [6.45, 7) is 6.13. The Bertz CT molecular complexity index is 249. The molecule has 0 aromatic heterocycles. The highest BCUT2D eigenvalue weighted by Gasteiger charge is 2.29. The van der Waals surface area contributed by atoms with E-state index in [4.69, 9.17) is 0 Å². The first-order chi connectivity index (χ1) is 5.19. The Morgan fingerprint density at radius 1 is 1.08 bits per heavy atom. The fraction of sp³-hybridized carbons (Fsp3) is 0.833. The highest BCUT2D eigenvalue weighted by molar-refractivity contribution is 8.05. The Labute approximate surface area is 73.1 Å². The average molecular weight is 211 g/mol. The second-order valence-electron chi connectivity index (χ2n) is 3.28. The van der Waals surface area contributed by atoms with Crippen LogP contribution >= 0.6 is 14.3 Å². The Morgan fingerprint density at radius 3 is 1.50 bits per heavy atom. The molecule has 0 atom stereocenters. The van der Waals surface area contributed by atoms with Gasteiger partial charge in [0.15, 0.2) is 5.19 Å². The van der Waals surface area contributed by atoms with E-state index in [0.717, 1.165) is 0 Å². The van der Waals surface area contributed by atoms with Crippen LogP contribution in [0.3, 0.4) is 0 Å². The number of hydrogen-bond acceptors (Lipinski definition) is 4. The van der Waals surface area contributed by atoms with E-state index in [1.54, 1.807) is 0 Å². The molecule has 0 N–H and O–H groups in total. The maximum Gasteiger partial charge on any atom is 0.174 e. The zero-order chi connectivity index (χ0) is 9.99. The van der Waals surface area contributed by atoms with Crippen molar-refractivity contribution < 1.29 is 14.0 Å². The molecule has 0 unspecified atom stereocenters. The van der Waals surface area contributed by atoms with Gasteiger partial charge in [-0.15, -0.1) is 0 Å². The van der Waals surface area contributed by atoms with Gasteiger partial charge in [-0.1, -0.05) is 5.16 Å². The van der Waals surface area contributed by atoms with Gasteiger partial charge in [-0.2, -0.15) is 0 Å². The van der Waals surface area contributed by atoms with Crippen molar-refractivity contribution in [1.29, 1.82) is 0 Å². The lowest BCUT2D eigenvalue weighted by Gasteiger charge is -2.13. The van der Waals surface area contributed by atoms with E-state index in [-0.39, 0.29) is 5.19 Å². The van der Waals surface area contributed by atoms with Gasteiger partial charge >= 0.3 is 0 Å². The molecule has 0 aromatic rings. The van der Waals surface area contributed by atoms with Gasteiger partial charge in [0.25, 0.3) is 0 Å². The molecule has 6 heteroatoms. The zero-order valence-corrected chi connectivity index (χ0v) is 9.86. The van der Waals surface area contributed by atoms with Crippen LogP contribution in [0.15, 0.2) is 5.16 Å².